The molecule has 1 aliphatic rings. The summed E-state index contributed by atoms with van der Waals surface area (Å²) in [4.78, 5) is 19.1. The van der Waals surface area contributed by atoms with Crippen LogP contribution in [0.5, 0.6) is 0 Å². The quantitative estimate of drug-likeness (QED) is 0.743. The van der Waals surface area contributed by atoms with E-state index in [0.29, 0.717) is 0 Å². The smallest absolute Gasteiger partial charge is 0.140 e. The van der Waals surface area contributed by atoms with Gasteiger partial charge in [0.05, 0.1) is 11.1 Å². The molecule has 5 nitrogen and oxygen atoms in total. The zero-order chi connectivity index (χ0) is 14.8. The molecule has 112 valence electrons. The molecule has 1 saturated heterocycles. The summed E-state index contributed by atoms with van der Waals surface area (Å²) in [5.41, 5.74) is 1.14. The van der Waals surface area contributed by atoms with Gasteiger partial charge < -0.3 is 4.90 Å². The van der Waals surface area contributed by atoms with E-state index in [4.69, 9.17) is 0 Å². The number of nitrogens with zero attached hydrogens (tertiary/aromatic N) is 5. The van der Waals surface area contributed by atoms with Crippen molar-refractivity contribution in [1.29, 1.82) is 0 Å². The van der Waals surface area contributed by atoms with E-state index in [0.717, 1.165) is 49.1 Å². The molecule has 0 spiro atoms. The van der Waals surface area contributed by atoms with Gasteiger partial charge in [0.15, 0.2) is 0 Å². The highest BCUT2D eigenvalue weighted by molar-refractivity contribution is 7.16. The summed E-state index contributed by atoms with van der Waals surface area (Å²) in [6.45, 7) is 4.98. The first-order valence-corrected chi connectivity index (χ1v) is 8.33. The number of thiophene rings is 1. The fraction of sp³-hybridized carbons (Fsp3) is 0.312. The molecule has 0 aromatic carbocycles. The highest BCUT2D eigenvalue weighted by atomic mass is 32.1. The fourth-order valence-corrected chi connectivity index (χ4v) is 3.59. The predicted molar refractivity (Wildman–Crippen MR) is 89.1 cm³/mol. The number of fused-ring (bicyclic) bond motifs is 1. The first-order valence-electron chi connectivity index (χ1n) is 7.45. The molecular weight excluding hydrogens is 294 g/mol. The molecule has 0 saturated carbocycles. The van der Waals surface area contributed by atoms with Crippen molar-refractivity contribution < 1.29 is 0 Å². The molecule has 6 heteroatoms. The van der Waals surface area contributed by atoms with Crippen LogP contribution >= 0.6 is 11.3 Å². The summed E-state index contributed by atoms with van der Waals surface area (Å²) in [5, 5.41) is 3.26. The maximum absolute atomic E-state index is 4.50. The largest absolute Gasteiger partial charge is 0.353 e. The van der Waals surface area contributed by atoms with E-state index in [1.807, 2.05) is 18.3 Å². The predicted octanol–water partition coefficient (Wildman–Crippen LogP) is 2.41. The minimum atomic E-state index is 0.923. The first-order chi connectivity index (χ1) is 10.9. The van der Waals surface area contributed by atoms with Crippen LogP contribution in [0.1, 0.15) is 5.69 Å². The summed E-state index contributed by atoms with van der Waals surface area (Å²) in [5.74, 6) is 1.07. The SMILES string of the molecule is c1ccc(CN2CCN(c3ncnc4sccc34)CC2)nc1. The second kappa shape index (κ2) is 5.98. The first kappa shape index (κ1) is 13.6. The molecule has 0 N–H and O–H groups in total. The van der Waals surface area contributed by atoms with Crippen LogP contribution in [0.15, 0.2) is 42.2 Å². The van der Waals surface area contributed by atoms with Crippen LogP contribution in [0.4, 0.5) is 5.82 Å². The number of hydrogen-bond donors (Lipinski definition) is 0. The van der Waals surface area contributed by atoms with Crippen molar-refractivity contribution in [2.24, 2.45) is 0 Å². The standard InChI is InChI=1S/C16H17N5S/c1-2-5-17-13(3-1)11-20-6-8-21(9-7-20)15-14-4-10-22-16(14)19-12-18-15/h1-5,10,12H,6-9,11H2. The molecule has 1 fully saturated rings. The number of rotatable bonds is 3. The highest BCUT2D eigenvalue weighted by Crippen LogP contribution is 2.27. The molecule has 1 aliphatic heterocycles. The Hall–Kier alpha value is -2.05. The lowest BCUT2D eigenvalue weighted by Gasteiger charge is -2.35. The Bertz CT molecular complexity index is 749. The van der Waals surface area contributed by atoms with E-state index < -0.39 is 0 Å². The van der Waals surface area contributed by atoms with Crippen molar-refractivity contribution in [3.05, 3.63) is 47.9 Å². The van der Waals surface area contributed by atoms with Crippen molar-refractivity contribution in [1.82, 2.24) is 19.9 Å². The number of aromatic nitrogens is 3. The van der Waals surface area contributed by atoms with Crippen molar-refractivity contribution in [3.8, 4) is 0 Å². The van der Waals surface area contributed by atoms with Gasteiger partial charge in [-0.1, -0.05) is 6.07 Å². The van der Waals surface area contributed by atoms with Crippen molar-refractivity contribution in [2.75, 3.05) is 31.1 Å². The molecule has 0 bridgehead atoms. The Morgan fingerprint density at radius 3 is 2.73 bits per heavy atom. The topological polar surface area (TPSA) is 45.2 Å². The maximum Gasteiger partial charge on any atom is 0.140 e. The summed E-state index contributed by atoms with van der Waals surface area (Å²) < 4.78 is 0. The lowest BCUT2D eigenvalue weighted by Crippen LogP contribution is -2.46. The van der Waals surface area contributed by atoms with E-state index in [2.05, 4.69) is 42.3 Å². The Morgan fingerprint density at radius 2 is 1.91 bits per heavy atom. The van der Waals surface area contributed by atoms with Gasteiger partial charge in [-0.2, -0.15) is 0 Å². The van der Waals surface area contributed by atoms with Gasteiger partial charge in [-0.3, -0.25) is 9.88 Å². The fourth-order valence-electron chi connectivity index (χ4n) is 2.87. The molecule has 0 aliphatic carbocycles. The average Bonchev–Trinajstić information content (AvgIpc) is 3.05. The summed E-state index contributed by atoms with van der Waals surface area (Å²) in [7, 11) is 0. The Morgan fingerprint density at radius 1 is 1.00 bits per heavy atom. The van der Waals surface area contributed by atoms with E-state index in [1.54, 1.807) is 17.7 Å². The van der Waals surface area contributed by atoms with Crippen molar-refractivity contribution >= 4 is 27.4 Å². The number of pyridine rings is 1. The van der Waals surface area contributed by atoms with E-state index >= 15 is 0 Å². The number of anilines is 1. The van der Waals surface area contributed by atoms with Crippen LogP contribution in [0.2, 0.25) is 0 Å². The third-order valence-corrected chi connectivity index (χ3v) is 4.85. The van der Waals surface area contributed by atoms with Crippen LogP contribution in [-0.4, -0.2) is 46.0 Å². The molecule has 0 atom stereocenters. The van der Waals surface area contributed by atoms with Gasteiger partial charge in [0, 0.05) is 38.9 Å². The van der Waals surface area contributed by atoms with Gasteiger partial charge >= 0.3 is 0 Å². The molecule has 4 rings (SSSR count). The van der Waals surface area contributed by atoms with Gasteiger partial charge in [0.1, 0.15) is 17.0 Å². The molecular formula is C16H17N5S. The molecule has 3 aromatic rings. The van der Waals surface area contributed by atoms with E-state index in [-0.39, 0.29) is 0 Å². The summed E-state index contributed by atoms with van der Waals surface area (Å²) >= 11 is 1.67. The van der Waals surface area contributed by atoms with Crippen LogP contribution in [0, 0.1) is 0 Å². The normalized spacial score (nSPS) is 16.3. The minimum absolute atomic E-state index is 0.923. The van der Waals surface area contributed by atoms with Gasteiger partial charge in [0.2, 0.25) is 0 Å². The van der Waals surface area contributed by atoms with Crippen LogP contribution < -0.4 is 4.90 Å². The van der Waals surface area contributed by atoms with E-state index in [9.17, 15) is 0 Å². The zero-order valence-electron chi connectivity index (χ0n) is 12.2. The van der Waals surface area contributed by atoms with Gasteiger partial charge in [-0.25, -0.2) is 9.97 Å². The van der Waals surface area contributed by atoms with Crippen LogP contribution in [0.3, 0.4) is 0 Å². The van der Waals surface area contributed by atoms with E-state index in [1.165, 1.54) is 5.39 Å². The lowest BCUT2D eigenvalue weighted by molar-refractivity contribution is 0.247. The summed E-state index contributed by atoms with van der Waals surface area (Å²) in [6, 6.07) is 8.22. The van der Waals surface area contributed by atoms with Gasteiger partial charge in [0.25, 0.3) is 0 Å². The third-order valence-electron chi connectivity index (χ3n) is 4.02. The van der Waals surface area contributed by atoms with Gasteiger partial charge in [-0.05, 0) is 23.6 Å². The Balaban J connectivity index is 1.45. The van der Waals surface area contributed by atoms with Crippen LogP contribution in [0.25, 0.3) is 10.2 Å². The highest BCUT2D eigenvalue weighted by Gasteiger charge is 2.20. The van der Waals surface area contributed by atoms with Crippen LogP contribution in [-0.2, 0) is 6.54 Å². The third kappa shape index (κ3) is 2.67. The number of hydrogen-bond acceptors (Lipinski definition) is 6. The van der Waals surface area contributed by atoms with Crippen molar-refractivity contribution in [2.45, 2.75) is 6.54 Å². The Kier molecular flexibility index (Phi) is 3.70. The summed E-state index contributed by atoms with van der Waals surface area (Å²) in [6.07, 6.45) is 3.54. The number of piperazine rings is 1. The average molecular weight is 311 g/mol. The monoisotopic (exact) mass is 311 g/mol. The molecule has 4 heterocycles. The Labute approximate surface area is 133 Å². The molecule has 0 unspecified atom stereocenters. The van der Waals surface area contributed by atoms with Crippen molar-refractivity contribution in [3.63, 3.8) is 0 Å². The molecule has 0 amide bonds. The zero-order valence-corrected chi connectivity index (χ0v) is 13.0. The van der Waals surface area contributed by atoms with Gasteiger partial charge in [-0.15, -0.1) is 11.3 Å². The lowest BCUT2D eigenvalue weighted by atomic mass is 10.2. The molecule has 0 radical (unpaired) electrons. The second-order valence-electron chi connectivity index (χ2n) is 5.42. The second-order valence-corrected chi connectivity index (χ2v) is 6.32. The maximum atomic E-state index is 4.50. The molecule has 22 heavy (non-hydrogen) atoms. The minimum Gasteiger partial charge on any atom is -0.353 e. The molecule has 3 aromatic heterocycles.